The van der Waals surface area contributed by atoms with E-state index in [9.17, 15) is 9.59 Å². The average molecular weight is 283 g/mol. The number of hydrogen-bond donors (Lipinski definition) is 0. The summed E-state index contributed by atoms with van der Waals surface area (Å²) in [5.74, 6) is -1.68. The standard InChI is InChI=1S/C17H17NO3/c1-2-21-17(20)16(19)13-8-5-7-12-10-11-6-3-4-9-14(11)18-15(12)13/h3-4,6,9-10,13H,2,5,7-8H2,1H3. The minimum absolute atomic E-state index is 0.218. The number of para-hydroxylation sites is 1. The second-order valence-electron chi connectivity index (χ2n) is 5.25. The lowest BCUT2D eigenvalue weighted by Crippen LogP contribution is -2.28. The molecule has 0 saturated heterocycles. The molecule has 0 radical (unpaired) electrons. The van der Waals surface area contributed by atoms with Gasteiger partial charge in [-0.3, -0.25) is 9.78 Å². The van der Waals surface area contributed by atoms with Crippen molar-refractivity contribution in [3.8, 4) is 0 Å². The fourth-order valence-corrected chi connectivity index (χ4v) is 2.91. The van der Waals surface area contributed by atoms with Crippen LogP contribution in [0.4, 0.5) is 0 Å². The number of fused-ring (bicyclic) bond motifs is 2. The lowest BCUT2D eigenvalue weighted by molar-refractivity contribution is -0.154. The first-order valence-electron chi connectivity index (χ1n) is 7.30. The third-order valence-corrected chi connectivity index (χ3v) is 3.90. The van der Waals surface area contributed by atoms with Gasteiger partial charge in [0.2, 0.25) is 5.78 Å². The van der Waals surface area contributed by atoms with Crippen molar-refractivity contribution in [3.63, 3.8) is 0 Å². The molecular weight excluding hydrogens is 266 g/mol. The largest absolute Gasteiger partial charge is 0.460 e. The number of ketones is 1. The van der Waals surface area contributed by atoms with Crippen molar-refractivity contribution >= 4 is 22.7 Å². The summed E-state index contributed by atoms with van der Waals surface area (Å²) in [4.78, 5) is 28.6. The van der Waals surface area contributed by atoms with Gasteiger partial charge in [-0.1, -0.05) is 18.2 Å². The van der Waals surface area contributed by atoms with Crippen LogP contribution in [0.25, 0.3) is 10.9 Å². The normalized spacial score (nSPS) is 17.3. The van der Waals surface area contributed by atoms with Crippen LogP contribution in [0.3, 0.4) is 0 Å². The highest BCUT2D eigenvalue weighted by Gasteiger charge is 2.33. The van der Waals surface area contributed by atoms with Crippen LogP contribution in [-0.4, -0.2) is 23.3 Å². The van der Waals surface area contributed by atoms with Gasteiger partial charge in [0, 0.05) is 5.39 Å². The summed E-state index contributed by atoms with van der Waals surface area (Å²) < 4.78 is 4.84. The number of ether oxygens (including phenoxy) is 1. The van der Waals surface area contributed by atoms with Crippen LogP contribution in [-0.2, 0) is 20.7 Å². The van der Waals surface area contributed by atoms with Crippen LogP contribution in [0.5, 0.6) is 0 Å². The lowest BCUT2D eigenvalue weighted by Gasteiger charge is -2.23. The molecule has 0 saturated carbocycles. The quantitative estimate of drug-likeness (QED) is 0.642. The molecule has 3 rings (SSSR count). The van der Waals surface area contributed by atoms with Gasteiger partial charge in [0.05, 0.1) is 23.7 Å². The van der Waals surface area contributed by atoms with Gasteiger partial charge in [0.15, 0.2) is 0 Å². The van der Waals surface area contributed by atoms with Gasteiger partial charge < -0.3 is 4.74 Å². The Morgan fingerprint density at radius 3 is 2.95 bits per heavy atom. The lowest BCUT2D eigenvalue weighted by atomic mass is 9.83. The summed E-state index contributed by atoms with van der Waals surface area (Å²) >= 11 is 0. The molecule has 1 atom stereocenters. The van der Waals surface area contributed by atoms with Crippen LogP contribution in [0.15, 0.2) is 30.3 Å². The average Bonchev–Trinajstić information content (AvgIpc) is 2.52. The third-order valence-electron chi connectivity index (χ3n) is 3.90. The minimum Gasteiger partial charge on any atom is -0.460 e. The summed E-state index contributed by atoms with van der Waals surface area (Å²) in [6.07, 6.45) is 2.46. The first kappa shape index (κ1) is 13.7. The van der Waals surface area contributed by atoms with Gasteiger partial charge in [0.1, 0.15) is 0 Å². The van der Waals surface area contributed by atoms with E-state index in [2.05, 4.69) is 11.1 Å². The second-order valence-corrected chi connectivity index (χ2v) is 5.25. The fourth-order valence-electron chi connectivity index (χ4n) is 2.91. The van der Waals surface area contributed by atoms with E-state index in [0.717, 1.165) is 35.0 Å². The molecule has 0 N–H and O–H groups in total. The van der Waals surface area contributed by atoms with E-state index in [1.54, 1.807) is 6.92 Å². The molecule has 2 aromatic rings. The molecule has 0 amide bonds. The number of hydrogen-bond acceptors (Lipinski definition) is 4. The maximum Gasteiger partial charge on any atom is 0.375 e. The molecule has 0 aliphatic heterocycles. The van der Waals surface area contributed by atoms with Gasteiger partial charge in [-0.15, -0.1) is 0 Å². The van der Waals surface area contributed by atoms with Crippen LogP contribution >= 0.6 is 0 Å². The highest BCUT2D eigenvalue weighted by molar-refractivity contribution is 6.35. The van der Waals surface area contributed by atoms with E-state index in [1.807, 2.05) is 24.3 Å². The summed E-state index contributed by atoms with van der Waals surface area (Å²) in [7, 11) is 0. The van der Waals surface area contributed by atoms with Gasteiger partial charge in [-0.05, 0) is 43.9 Å². The molecule has 4 nitrogen and oxygen atoms in total. The van der Waals surface area contributed by atoms with Gasteiger partial charge in [0.25, 0.3) is 0 Å². The molecule has 0 spiro atoms. The highest BCUT2D eigenvalue weighted by atomic mass is 16.5. The molecule has 1 heterocycles. The molecule has 1 unspecified atom stereocenters. The number of pyridine rings is 1. The maximum atomic E-state index is 12.3. The zero-order valence-electron chi connectivity index (χ0n) is 12.0. The fraction of sp³-hybridized carbons (Fsp3) is 0.353. The highest BCUT2D eigenvalue weighted by Crippen LogP contribution is 2.33. The van der Waals surface area contributed by atoms with Crippen molar-refractivity contribution < 1.29 is 14.3 Å². The Hall–Kier alpha value is -2.23. The Morgan fingerprint density at radius 1 is 1.33 bits per heavy atom. The summed E-state index contributed by atoms with van der Waals surface area (Å²) in [6.45, 7) is 1.92. The minimum atomic E-state index is -0.745. The summed E-state index contributed by atoms with van der Waals surface area (Å²) in [5.41, 5.74) is 2.68. The molecule has 1 aliphatic carbocycles. The number of aryl methyl sites for hydroxylation is 1. The Balaban J connectivity index is 2.02. The number of esters is 1. The zero-order valence-corrected chi connectivity index (χ0v) is 12.0. The molecule has 1 aromatic carbocycles. The second kappa shape index (κ2) is 5.64. The van der Waals surface area contributed by atoms with E-state index in [0.29, 0.717) is 6.42 Å². The first-order chi connectivity index (χ1) is 10.2. The van der Waals surface area contributed by atoms with Crippen molar-refractivity contribution in [3.05, 3.63) is 41.6 Å². The number of Topliss-reactive ketones (excluding diaryl/α,β-unsaturated/α-hetero) is 1. The smallest absolute Gasteiger partial charge is 0.375 e. The van der Waals surface area contributed by atoms with E-state index in [1.165, 1.54) is 0 Å². The zero-order chi connectivity index (χ0) is 14.8. The maximum absolute atomic E-state index is 12.3. The van der Waals surface area contributed by atoms with Crippen molar-refractivity contribution in [2.75, 3.05) is 6.61 Å². The number of rotatable bonds is 3. The third kappa shape index (κ3) is 2.53. The van der Waals surface area contributed by atoms with E-state index < -0.39 is 17.7 Å². The van der Waals surface area contributed by atoms with E-state index in [4.69, 9.17) is 4.74 Å². The molecule has 1 aromatic heterocycles. The predicted octanol–water partition coefficient (Wildman–Crippen LogP) is 2.79. The molecule has 0 fully saturated rings. The van der Waals surface area contributed by atoms with Crippen LogP contribution < -0.4 is 0 Å². The summed E-state index contributed by atoms with van der Waals surface area (Å²) in [6, 6.07) is 9.92. The molecular formula is C17H17NO3. The summed E-state index contributed by atoms with van der Waals surface area (Å²) in [5, 5.41) is 1.07. The van der Waals surface area contributed by atoms with Crippen LogP contribution in [0.2, 0.25) is 0 Å². The molecule has 0 bridgehead atoms. The number of carbonyl (C=O) groups is 2. The molecule has 21 heavy (non-hydrogen) atoms. The van der Waals surface area contributed by atoms with Gasteiger partial charge >= 0.3 is 5.97 Å². The van der Waals surface area contributed by atoms with E-state index in [-0.39, 0.29) is 6.61 Å². The van der Waals surface area contributed by atoms with Crippen LogP contribution in [0.1, 0.15) is 36.9 Å². The molecule has 4 heteroatoms. The van der Waals surface area contributed by atoms with Crippen LogP contribution in [0, 0.1) is 0 Å². The number of nitrogens with zero attached hydrogens (tertiary/aromatic N) is 1. The first-order valence-corrected chi connectivity index (χ1v) is 7.30. The Labute approximate surface area is 123 Å². The Morgan fingerprint density at radius 2 is 2.14 bits per heavy atom. The number of benzene rings is 1. The van der Waals surface area contributed by atoms with Crippen molar-refractivity contribution in [2.24, 2.45) is 0 Å². The van der Waals surface area contributed by atoms with Crippen molar-refractivity contribution in [1.82, 2.24) is 4.98 Å². The van der Waals surface area contributed by atoms with Gasteiger partial charge in [-0.2, -0.15) is 0 Å². The molecule has 108 valence electrons. The van der Waals surface area contributed by atoms with Gasteiger partial charge in [-0.25, -0.2) is 4.79 Å². The Kier molecular flexibility index (Phi) is 3.69. The van der Waals surface area contributed by atoms with Crippen molar-refractivity contribution in [1.29, 1.82) is 0 Å². The van der Waals surface area contributed by atoms with E-state index >= 15 is 0 Å². The SMILES string of the molecule is CCOC(=O)C(=O)C1CCCc2cc3ccccc3nc21. The number of carbonyl (C=O) groups excluding carboxylic acids is 2. The van der Waals surface area contributed by atoms with Crippen molar-refractivity contribution in [2.45, 2.75) is 32.1 Å². The topological polar surface area (TPSA) is 56.3 Å². The predicted molar refractivity (Wildman–Crippen MR) is 79.1 cm³/mol. The Bertz CT molecular complexity index is 708. The monoisotopic (exact) mass is 283 g/mol. The molecule has 1 aliphatic rings. The number of aromatic nitrogens is 1.